The monoisotopic (exact) mass is 292 g/mol. The Balaban J connectivity index is 1.64. The van der Waals surface area contributed by atoms with Crippen molar-refractivity contribution in [2.24, 2.45) is 0 Å². The highest BCUT2D eigenvalue weighted by Gasteiger charge is 2.18. The van der Waals surface area contributed by atoms with Gasteiger partial charge in [-0.1, -0.05) is 19.1 Å². The van der Waals surface area contributed by atoms with E-state index in [4.69, 9.17) is 4.74 Å². The zero-order chi connectivity index (χ0) is 15.1. The molecule has 3 N–H and O–H groups in total. The second-order valence-corrected chi connectivity index (χ2v) is 5.41. The number of hydrogen-bond donors (Lipinski definition) is 3. The van der Waals surface area contributed by atoms with Gasteiger partial charge in [0.15, 0.2) is 0 Å². The van der Waals surface area contributed by atoms with E-state index in [0.717, 1.165) is 18.6 Å². The lowest BCUT2D eigenvalue weighted by Gasteiger charge is -2.24. The first-order chi connectivity index (χ1) is 10.2. The standard InChI is InChI=1S/C16H24N2O3/c1-2-12-3-6-15(7-4-12)21-11-14(19)10-17-13-5-8-16(20)18-9-13/h3-4,6-7,13-14,17,19H,2,5,8-11H2,1H3,(H,18,20). The number of amides is 1. The molecule has 2 rings (SSSR count). The van der Waals surface area contributed by atoms with Gasteiger partial charge in [0.1, 0.15) is 18.5 Å². The van der Waals surface area contributed by atoms with Crippen molar-refractivity contribution >= 4 is 5.91 Å². The molecular formula is C16H24N2O3. The van der Waals surface area contributed by atoms with E-state index in [1.54, 1.807) is 0 Å². The summed E-state index contributed by atoms with van der Waals surface area (Å²) in [5.41, 5.74) is 1.27. The lowest BCUT2D eigenvalue weighted by Crippen LogP contribution is -2.48. The van der Waals surface area contributed by atoms with Gasteiger partial charge in [0, 0.05) is 25.6 Å². The van der Waals surface area contributed by atoms with Gasteiger partial charge in [0.2, 0.25) is 5.91 Å². The number of carbonyl (C=O) groups excluding carboxylic acids is 1. The smallest absolute Gasteiger partial charge is 0.220 e. The molecule has 1 aromatic carbocycles. The van der Waals surface area contributed by atoms with Crippen molar-refractivity contribution in [2.75, 3.05) is 19.7 Å². The highest BCUT2D eigenvalue weighted by molar-refractivity contribution is 5.76. The summed E-state index contributed by atoms with van der Waals surface area (Å²) < 4.78 is 5.56. The minimum Gasteiger partial charge on any atom is -0.491 e. The number of hydrogen-bond acceptors (Lipinski definition) is 4. The normalized spacial score (nSPS) is 19.9. The summed E-state index contributed by atoms with van der Waals surface area (Å²) in [4.78, 5) is 11.0. The fourth-order valence-corrected chi connectivity index (χ4v) is 2.28. The third-order valence-electron chi connectivity index (χ3n) is 3.68. The highest BCUT2D eigenvalue weighted by Crippen LogP contribution is 2.12. The van der Waals surface area contributed by atoms with Gasteiger partial charge in [-0.2, -0.15) is 0 Å². The molecule has 1 aromatic rings. The molecule has 1 heterocycles. The lowest BCUT2D eigenvalue weighted by molar-refractivity contribution is -0.122. The van der Waals surface area contributed by atoms with Crippen LogP contribution in [0.25, 0.3) is 0 Å². The van der Waals surface area contributed by atoms with Crippen LogP contribution in [-0.2, 0) is 11.2 Å². The number of ether oxygens (including phenoxy) is 1. The molecule has 116 valence electrons. The SMILES string of the molecule is CCc1ccc(OCC(O)CNC2CCC(=O)NC2)cc1. The Morgan fingerprint density at radius 3 is 2.81 bits per heavy atom. The van der Waals surface area contributed by atoms with Gasteiger partial charge in [-0.15, -0.1) is 0 Å². The van der Waals surface area contributed by atoms with Crippen molar-refractivity contribution < 1.29 is 14.6 Å². The number of aryl methyl sites for hydroxylation is 1. The number of benzene rings is 1. The maximum Gasteiger partial charge on any atom is 0.220 e. The number of carbonyl (C=O) groups is 1. The number of aliphatic hydroxyl groups excluding tert-OH is 1. The molecule has 2 unspecified atom stereocenters. The van der Waals surface area contributed by atoms with Crippen LogP contribution in [0.2, 0.25) is 0 Å². The highest BCUT2D eigenvalue weighted by atomic mass is 16.5. The average Bonchev–Trinajstić information content (AvgIpc) is 2.53. The maximum atomic E-state index is 11.0. The third-order valence-corrected chi connectivity index (χ3v) is 3.68. The van der Waals surface area contributed by atoms with Crippen molar-refractivity contribution in [1.29, 1.82) is 0 Å². The number of aliphatic hydroxyl groups is 1. The van der Waals surface area contributed by atoms with Crippen LogP contribution in [-0.4, -0.2) is 42.9 Å². The van der Waals surface area contributed by atoms with Crippen LogP contribution in [0.1, 0.15) is 25.3 Å². The van der Waals surface area contributed by atoms with Crippen molar-refractivity contribution in [2.45, 2.75) is 38.3 Å². The molecule has 0 spiro atoms. The zero-order valence-corrected chi connectivity index (χ0v) is 12.5. The number of piperidine rings is 1. The van der Waals surface area contributed by atoms with E-state index < -0.39 is 6.10 Å². The first-order valence-corrected chi connectivity index (χ1v) is 7.57. The van der Waals surface area contributed by atoms with Gasteiger partial charge in [0.05, 0.1) is 0 Å². The van der Waals surface area contributed by atoms with E-state index in [9.17, 15) is 9.90 Å². The molecule has 1 saturated heterocycles. The fraction of sp³-hybridized carbons (Fsp3) is 0.562. The average molecular weight is 292 g/mol. The second kappa shape index (κ2) is 8.00. The molecule has 0 aromatic heterocycles. The molecule has 1 aliphatic heterocycles. The molecule has 1 amide bonds. The largest absolute Gasteiger partial charge is 0.491 e. The first-order valence-electron chi connectivity index (χ1n) is 7.57. The summed E-state index contributed by atoms with van der Waals surface area (Å²) >= 11 is 0. The van der Waals surface area contributed by atoms with Crippen LogP contribution in [0, 0.1) is 0 Å². The van der Waals surface area contributed by atoms with Gasteiger partial charge in [-0.05, 0) is 30.5 Å². The summed E-state index contributed by atoms with van der Waals surface area (Å²) in [6, 6.07) is 8.15. The number of rotatable bonds is 7. The summed E-state index contributed by atoms with van der Waals surface area (Å²) in [6.45, 7) is 3.47. The predicted octanol–water partition coefficient (Wildman–Crippen LogP) is 0.857. The molecule has 1 aliphatic rings. The molecule has 5 nitrogen and oxygen atoms in total. The van der Waals surface area contributed by atoms with Gasteiger partial charge < -0.3 is 20.5 Å². The quantitative estimate of drug-likeness (QED) is 0.697. The van der Waals surface area contributed by atoms with Crippen molar-refractivity contribution in [3.63, 3.8) is 0 Å². The Bertz CT molecular complexity index is 437. The molecule has 21 heavy (non-hydrogen) atoms. The molecular weight excluding hydrogens is 268 g/mol. The predicted molar refractivity (Wildman–Crippen MR) is 81.4 cm³/mol. The van der Waals surface area contributed by atoms with Crippen molar-refractivity contribution in [1.82, 2.24) is 10.6 Å². The minimum absolute atomic E-state index is 0.104. The summed E-state index contributed by atoms with van der Waals surface area (Å²) in [6.07, 6.45) is 1.81. The van der Waals surface area contributed by atoms with E-state index in [2.05, 4.69) is 17.6 Å². The topological polar surface area (TPSA) is 70.6 Å². The Hall–Kier alpha value is -1.59. The zero-order valence-electron chi connectivity index (χ0n) is 12.5. The molecule has 5 heteroatoms. The molecule has 0 aliphatic carbocycles. The Morgan fingerprint density at radius 1 is 1.43 bits per heavy atom. The first kappa shape index (κ1) is 15.8. The van der Waals surface area contributed by atoms with Crippen molar-refractivity contribution in [3.8, 4) is 5.75 Å². The molecule has 0 bridgehead atoms. The van der Waals surface area contributed by atoms with E-state index in [1.165, 1.54) is 5.56 Å². The van der Waals surface area contributed by atoms with Crippen LogP contribution in [0.15, 0.2) is 24.3 Å². The minimum atomic E-state index is -0.562. The van der Waals surface area contributed by atoms with Crippen LogP contribution < -0.4 is 15.4 Å². The van der Waals surface area contributed by atoms with Gasteiger partial charge >= 0.3 is 0 Å². The number of nitrogens with one attached hydrogen (secondary N) is 2. The molecule has 1 fully saturated rings. The lowest BCUT2D eigenvalue weighted by atomic mass is 10.1. The van der Waals surface area contributed by atoms with E-state index in [1.807, 2.05) is 24.3 Å². The van der Waals surface area contributed by atoms with Crippen LogP contribution in [0.3, 0.4) is 0 Å². The van der Waals surface area contributed by atoms with E-state index >= 15 is 0 Å². The van der Waals surface area contributed by atoms with Gasteiger partial charge in [0.25, 0.3) is 0 Å². The van der Waals surface area contributed by atoms with Crippen molar-refractivity contribution in [3.05, 3.63) is 29.8 Å². The fourth-order valence-electron chi connectivity index (χ4n) is 2.28. The van der Waals surface area contributed by atoms with Gasteiger partial charge in [-0.3, -0.25) is 4.79 Å². The van der Waals surface area contributed by atoms with Crippen LogP contribution >= 0.6 is 0 Å². The van der Waals surface area contributed by atoms with Crippen LogP contribution in [0.5, 0.6) is 5.75 Å². The molecule has 2 atom stereocenters. The van der Waals surface area contributed by atoms with E-state index in [-0.39, 0.29) is 18.6 Å². The maximum absolute atomic E-state index is 11.0. The third kappa shape index (κ3) is 5.36. The van der Waals surface area contributed by atoms with E-state index in [0.29, 0.717) is 19.5 Å². The van der Waals surface area contributed by atoms with Crippen LogP contribution in [0.4, 0.5) is 0 Å². The Labute approximate surface area is 125 Å². The molecule has 0 saturated carbocycles. The summed E-state index contributed by atoms with van der Waals surface area (Å²) in [5.74, 6) is 0.878. The Kier molecular flexibility index (Phi) is 6.02. The molecule has 0 radical (unpaired) electrons. The Morgan fingerprint density at radius 2 is 2.19 bits per heavy atom. The summed E-state index contributed by atoms with van der Waals surface area (Å²) in [7, 11) is 0. The summed E-state index contributed by atoms with van der Waals surface area (Å²) in [5, 5.41) is 16.0. The van der Waals surface area contributed by atoms with Gasteiger partial charge in [-0.25, -0.2) is 0 Å². The second-order valence-electron chi connectivity index (χ2n) is 5.41.